The normalized spacial score (nSPS) is 12.3. The van der Waals surface area contributed by atoms with Crippen molar-refractivity contribution in [1.82, 2.24) is 19.7 Å². The minimum Gasteiger partial charge on any atom is -0.383 e. The highest BCUT2D eigenvalue weighted by Gasteiger charge is 2.25. The van der Waals surface area contributed by atoms with Crippen LogP contribution in [0.4, 0.5) is 5.82 Å². The van der Waals surface area contributed by atoms with Gasteiger partial charge in [-0.1, -0.05) is 37.6 Å². The maximum atomic E-state index is 6.29. The highest BCUT2D eigenvalue weighted by molar-refractivity contribution is 6.30. The Morgan fingerprint density at radius 3 is 2.25 bits per heavy atom. The topological polar surface area (TPSA) is 69.6 Å². The van der Waals surface area contributed by atoms with Crippen molar-refractivity contribution >= 4 is 28.5 Å². The van der Waals surface area contributed by atoms with Gasteiger partial charge in [0, 0.05) is 16.5 Å². The van der Waals surface area contributed by atoms with Gasteiger partial charge >= 0.3 is 0 Å². The second-order valence-corrected chi connectivity index (χ2v) is 7.69. The predicted octanol–water partition coefficient (Wildman–Crippen LogP) is 4.61. The molecule has 2 heterocycles. The van der Waals surface area contributed by atoms with Gasteiger partial charge in [0.1, 0.15) is 17.3 Å². The SMILES string of the molecule is CC(C)c1nc(N)c2c(-c3ccc(Cl)cc3)nn(C(C)(C)C)c2n1. The Bertz CT molecular complexity index is 888. The average Bonchev–Trinajstić information content (AvgIpc) is 2.88. The number of nitrogens with zero attached hydrogens (tertiary/aromatic N) is 4. The molecule has 0 saturated heterocycles. The van der Waals surface area contributed by atoms with Gasteiger partial charge in [0.05, 0.1) is 10.9 Å². The minimum absolute atomic E-state index is 0.194. The number of nitrogen functional groups attached to an aromatic ring is 1. The lowest BCUT2D eigenvalue weighted by atomic mass is 10.1. The summed E-state index contributed by atoms with van der Waals surface area (Å²) in [5.74, 6) is 1.39. The van der Waals surface area contributed by atoms with E-state index < -0.39 is 0 Å². The number of hydrogen-bond donors (Lipinski definition) is 1. The fourth-order valence-electron chi connectivity index (χ4n) is 2.60. The van der Waals surface area contributed by atoms with Crippen molar-refractivity contribution in [3.05, 3.63) is 35.1 Å². The van der Waals surface area contributed by atoms with Gasteiger partial charge in [-0.2, -0.15) is 5.10 Å². The first kappa shape index (κ1) is 16.7. The van der Waals surface area contributed by atoms with Crippen LogP contribution in [0.2, 0.25) is 5.02 Å². The molecule has 0 saturated carbocycles. The summed E-state index contributed by atoms with van der Waals surface area (Å²) in [5.41, 5.74) is 8.56. The van der Waals surface area contributed by atoms with Gasteiger partial charge in [0.15, 0.2) is 5.65 Å². The van der Waals surface area contributed by atoms with E-state index in [1.54, 1.807) is 0 Å². The molecule has 0 bridgehead atoms. The lowest BCUT2D eigenvalue weighted by Crippen LogP contribution is -2.23. The first-order valence-corrected chi connectivity index (χ1v) is 8.39. The Morgan fingerprint density at radius 1 is 1.08 bits per heavy atom. The summed E-state index contributed by atoms with van der Waals surface area (Å²) in [5, 5.41) is 6.29. The summed E-state index contributed by atoms with van der Waals surface area (Å²) >= 11 is 6.01. The summed E-state index contributed by atoms with van der Waals surface area (Å²) in [6.07, 6.45) is 0. The van der Waals surface area contributed by atoms with Crippen LogP contribution in [0.25, 0.3) is 22.3 Å². The van der Waals surface area contributed by atoms with Crippen molar-refractivity contribution in [3.8, 4) is 11.3 Å². The van der Waals surface area contributed by atoms with Crippen LogP contribution in [-0.2, 0) is 5.54 Å². The molecule has 3 rings (SSSR count). The zero-order chi connectivity index (χ0) is 17.6. The molecular formula is C18H22ClN5. The fraction of sp³-hybridized carbons (Fsp3) is 0.389. The van der Waals surface area contributed by atoms with E-state index in [-0.39, 0.29) is 11.5 Å². The van der Waals surface area contributed by atoms with Gasteiger partial charge in [-0.15, -0.1) is 0 Å². The molecule has 0 fully saturated rings. The van der Waals surface area contributed by atoms with Crippen molar-refractivity contribution in [2.24, 2.45) is 0 Å². The average molecular weight is 344 g/mol. The van der Waals surface area contributed by atoms with Crippen LogP contribution >= 0.6 is 11.6 Å². The number of fused-ring (bicyclic) bond motifs is 1. The van der Waals surface area contributed by atoms with Crippen LogP contribution in [0.5, 0.6) is 0 Å². The molecule has 0 spiro atoms. The molecule has 2 N–H and O–H groups in total. The molecule has 0 aliphatic heterocycles. The molecule has 2 aromatic heterocycles. The highest BCUT2D eigenvalue weighted by Crippen LogP contribution is 2.34. The lowest BCUT2D eigenvalue weighted by Gasteiger charge is -2.20. The van der Waals surface area contributed by atoms with E-state index in [1.807, 2.05) is 28.9 Å². The molecule has 0 aliphatic carbocycles. The molecule has 0 atom stereocenters. The van der Waals surface area contributed by atoms with Gasteiger partial charge in [0.2, 0.25) is 0 Å². The molecule has 6 heteroatoms. The van der Waals surface area contributed by atoms with E-state index in [0.717, 1.165) is 28.1 Å². The van der Waals surface area contributed by atoms with E-state index in [9.17, 15) is 0 Å². The van der Waals surface area contributed by atoms with Gasteiger partial charge in [-0.3, -0.25) is 0 Å². The van der Waals surface area contributed by atoms with Crippen LogP contribution in [-0.4, -0.2) is 19.7 Å². The van der Waals surface area contributed by atoms with E-state index in [4.69, 9.17) is 27.4 Å². The molecule has 126 valence electrons. The zero-order valence-corrected chi connectivity index (χ0v) is 15.4. The van der Waals surface area contributed by atoms with Crippen LogP contribution in [0.3, 0.4) is 0 Å². The number of benzene rings is 1. The van der Waals surface area contributed by atoms with Crippen molar-refractivity contribution in [2.45, 2.75) is 46.1 Å². The number of anilines is 1. The van der Waals surface area contributed by atoms with E-state index in [2.05, 4.69) is 39.6 Å². The van der Waals surface area contributed by atoms with Gasteiger partial charge in [-0.05, 0) is 32.9 Å². The van der Waals surface area contributed by atoms with Gasteiger partial charge < -0.3 is 5.73 Å². The molecule has 1 aromatic carbocycles. The third-order valence-electron chi connectivity index (χ3n) is 3.84. The summed E-state index contributed by atoms with van der Waals surface area (Å²) in [6, 6.07) is 7.57. The molecule has 0 unspecified atom stereocenters. The van der Waals surface area contributed by atoms with Crippen LogP contribution in [0.1, 0.15) is 46.4 Å². The highest BCUT2D eigenvalue weighted by atomic mass is 35.5. The molecule has 0 amide bonds. The number of halogens is 1. The maximum absolute atomic E-state index is 6.29. The first-order chi connectivity index (χ1) is 11.2. The van der Waals surface area contributed by atoms with Crippen molar-refractivity contribution in [3.63, 3.8) is 0 Å². The monoisotopic (exact) mass is 343 g/mol. The second kappa shape index (κ2) is 5.74. The molecular weight excluding hydrogens is 322 g/mol. The van der Waals surface area contributed by atoms with Crippen LogP contribution < -0.4 is 5.73 Å². The summed E-state index contributed by atoms with van der Waals surface area (Å²) in [7, 11) is 0. The Hall–Kier alpha value is -2.14. The molecule has 24 heavy (non-hydrogen) atoms. The summed E-state index contributed by atoms with van der Waals surface area (Å²) in [6.45, 7) is 10.4. The Morgan fingerprint density at radius 2 is 1.71 bits per heavy atom. The third kappa shape index (κ3) is 2.84. The van der Waals surface area contributed by atoms with E-state index >= 15 is 0 Å². The second-order valence-electron chi connectivity index (χ2n) is 7.26. The summed E-state index contributed by atoms with van der Waals surface area (Å²) in [4.78, 5) is 9.24. The summed E-state index contributed by atoms with van der Waals surface area (Å²) < 4.78 is 1.93. The minimum atomic E-state index is -0.224. The number of aromatic nitrogens is 4. The smallest absolute Gasteiger partial charge is 0.164 e. The van der Waals surface area contributed by atoms with Gasteiger partial charge in [0.25, 0.3) is 0 Å². The first-order valence-electron chi connectivity index (χ1n) is 8.01. The Kier molecular flexibility index (Phi) is 4.00. The quantitative estimate of drug-likeness (QED) is 0.737. The molecule has 5 nitrogen and oxygen atoms in total. The van der Waals surface area contributed by atoms with Crippen LogP contribution in [0, 0.1) is 0 Å². The predicted molar refractivity (Wildman–Crippen MR) is 99.3 cm³/mol. The zero-order valence-electron chi connectivity index (χ0n) is 14.6. The molecule has 0 aliphatic rings. The Balaban J connectivity index is 2.37. The lowest BCUT2D eigenvalue weighted by molar-refractivity contribution is 0.366. The standard InChI is InChI=1S/C18H22ClN5/c1-10(2)16-21-15(20)13-14(11-6-8-12(19)9-7-11)23-24(17(13)22-16)18(3,4)5/h6-10H,1-5H3,(H2,20,21,22). The number of hydrogen-bond acceptors (Lipinski definition) is 4. The Labute approximate surface area is 146 Å². The number of nitrogens with two attached hydrogens (primary N) is 1. The maximum Gasteiger partial charge on any atom is 0.164 e. The number of rotatable bonds is 2. The van der Waals surface area contributed by atoms with Crippen LogP contribution in [0.15, 0.2) is 24.3 Å². The van der Waals surface area contributed by atoms with Crippen molar-refractivity contribution in [1.29, 1.82) is 0 Å². The van der Waals surface area contributed by atoms with E-state index in [1.165, 1.54) is 0 Å². The largest absolute Gasteiger partial charge is 0.383 e. The van der Waals surface area contributed by atoms with Gasteiger partial charge in [-0.25, -0.2) is 14.6 Å². The third-order valence-corrected chi connectivity index (χ3v) is 4.09. The van der Waals surface area contributed by atoms with Crippen molar-refractivity contribution < 1.29 is 0 Å². The molecule has 3 aromatic rings. The fourth-order valence-corrected chi connectivity index (χ4v) is 2.72. The van der Waals surface area contributed by atoms with E-state index in [0.29, 0.717) is 10.8 Å². The van der Waals surface area contributed by atoms with Crippen molar-refractivity contribution in [2.75, 3.05) is 5.73 Å². The molecule has 0 radical (unpaired) electrons.